The van der Waals surface area contributed by atoms with Crippen LogP contribution in [0.25, 0.3) is 0 Å². The maximum absolute atomic E-state index is 13.6. The van der Waals surface area contributed by atoms with Crippen LogP contribution < -0.4 is 10.6 Å². The van der Waals surface area contributed by atoms with Crippen molar-refractivity contribution in [3.63, 3.8) is 0 Å². The number of hydrogen-bond acceptors (Lipinski definition) is 5. The van der Waals surface area contributed by atoms with Crippen molar-refractivity contribution in [2.24, 2.45) is 0 Å². The molecule has 1 aromatic heterocycles. The molecule has 0 unspecified atom stereocenters. The summed E-state index contributed by atoms with van der Waals surface area (Å²) in [5, 5.41) is 5.77. The van der Waals surface area contributed by atoms with Crippen LogP contribution in [0.5, 0.6) is 0 Å². The normalized spacial score (nSPS) is 15.0. The molecular formula is C27H37N3O5. The van der Waals surface area contributed by atoms with Crippen molar-refractivity contribution in [3.05, 3.63) is 59.5 Å². The van der Waals surface area contributed by atoms with Crippen molar-refractivity contribution in [3.8, 4) is 0 Å². The molecule has 1 aromatic carbocycles. The minimum Gasteiger partial charge on any atom is -0.459 e. The van der Waals surface area contributed by atoms with Gasteiger partial charge in [0.25, 0.3) is 5.91 Å². The third-order valence-electron chi connectivity index (χ3n) is 6.43. The second-order valence-corrected chi connectivity index (χ2v) is 9.31. The first kappa shape index (κ1) is 26.5. The van der Waals surface area contributed by atoms with Crippen LogP contribution in [0.3, 0.4) is 0 Å². The van der Waals surface area contributed by atoms with Gasteiger partial charge in [0.1, 0.15) is 6.04 Å². The summed E-state index contributed by atoms with van der Waals surface area (Å²) in [5.74, 6) is -0.604. The molecule has 2 N–H and O–H groups in total. The molecule has 0 spiro atoms. The number of furan rings is 1. The van der Waals surface area contributed by atoms with Crippen LogP contribution in [0.2, 0.25) is 0 Å². The fourth-order valence-electron chi connectivity index (χ4n) is 4.40. The van der Waals surface area contributed by atoms with E-state index in [1.165, 1.54) is 23.7 Å². The maximum Gasteiger partial charge on any atom is 0.287 e. The number of amides is 3. The number of methoxy groups -OCH3 is 1. The lowest BCUT2D eigenvalue weighted by Crippen LogP contribution is -2.50. The molecule has 0 radical (unpaired) electrons. The summed E-state index contributed by atoms with van der Waals surface area (Å²) >= 11 is 0. The highest BCUT2D eigenvalue weighted by Gasteiger charge is 2.33. The molecule has 3 amide bonds. The molecule has 1 heterocycles. The molecule has 3 rings (SSSR count). The van der Waals surface area contributed by atoms with Crippen molar-refractivity contribution in [2.75, 3.05) is 26.8 Å². The molecule has 0 aliphatic heterocycles. The van der Waals surface area contributed by atoms with E-state index in [1.54, 1.807) is 13.2 Å². The summed E-state index contributed by atoms with van der Waals surface area (Å²) in [6, 6.07) is 10.2. The SMILES string of the molecule is COCCN(C(=O)CNC(=O)c1ccco1)[C@H](C(=O)NC1CCCCC1)c1ccc(C(C)C)cc1. The maximum atomic E-state index is 13.6. The average molecular weight is 484 g/mol. The highest BCUT2D eigenvalue weighted by atomic mass is 16.5. The van der Waals surface area contributed by atoms with Gasteiger partial charge in [-0.15, -0.1) is 0 Å². The molecule has 2 aromatic rings. The van der Waals surface area contributed by atoms with E-state index in [2.05, 4.69) is 24.5 Å². The third-order valence-corrected chi connectivity index (χ3v) is 6.43. The second kappa shape index (κ2) is 13.1. The Kier molecular flexibility index (Phi) is 9.90. The zero-order valence-electron chi connectivity index (χ0n) is 20.9. The highest BCUT2D eigenvalue weighted by Crippen LogP contribution is 2.26. The number of nitrogens with zero attached hydrogens (tertiary/aromatic N) is 1. The van der Waals surface area contributed by atoms with Gasteiger partial charge in [-0.05, 0) is 42.0 Å². The Morgan fingerprint density at radius 3 is 2.34 bits per heavy atom. The summed E-state index contributed by atoms with van der Waals surface area (Å²) in [5.41, 5.74) is 1.88. The molecular weight excluding hydrogens is 446 g/mol. The predicted molar refractivity (Wildman–Crippen MR) is 133 cm³/mol. The Labute approximate surface area is 207 Å². The van der Waals surface area contributed by atoms with Crippen LogP contribution in [0, 0.1) is 0 Å². The second-order valence-electron chi connectivity index (χ2n) is 9.31. The van der Waals surface area contributed by atoms with Gasteiger partial charge in [0.2, 0.25) is 11.8 Å². The molecule has 35 heavy (non-hydrogen) atoms. The number of carbonyl (C=O) groups excluding carboxylic acids is 3. The number of benzene rings is 1. The zero-order valence-corrected chi connectivity index (χ0v) is 20.9. The number of carbonyl (C=O) groups is 3. The first-order valence-electron chi connectivity index (χ1n) is 12.4. The molecule has 1 atom stereocenters. The van der Waals surface area contributed by atoms with E-state index in [4.69, 9.17) is 9.15 Å². The summed E-state index contributed by atoms with van der Waals surface area (Å²) in [6.07, 6.45) is 6.63. The van der Waals surface area contributed by atoms with Gasteiger partial charge in [0, 0.05) is 19.7 Å². The van der Waals surface area contributed by atoms with Crippen LogP contribution in [0.1, 0.15) is 79.6 Å². The van der Waals surface area contributed by atoms with E-state index >= 15 is 0 Å². The molecule has 8 nitrogen and oxygen atoms in total. The van der Waals surface area contributed by atoms with E-state index in [-0.39, 0.29) is 43.3 Å². The number of hydrogen-bond donors (Lipinski definition) is 2. The minimum absolute atomic E-state index is 0.103. The lowest BCUT2D eigenvalue weighted by molar-refractivity contribution is -0.141. The lowest BCUT2D eigenvalue weighted by Gasteiger charge is -2.33. The summed E-state index contributed by atoms with van der Waals surface area (Å²) < 4.78 is 10.3. The first-order valence-corrected chi connectivity index (χ1v) is 12.4. The van der Waals surface area contributed by atoms with E-state index in [1.807, 2.05) is 24.3 Å². The van der Waals surface area contributed by atoms with E-state index in [0.29, 0.717) is 5.92 Å². The Bertz CT molecular complexity index is 950. The van der Waals surface area contributed by atoms with E-state index < -0.39 is 11.9 Å². The first-order chi connectivity index (χ1) is 16.9. The molecule has 0 saturated heterocycles. The van der Waals surface area contributed by atoms with Crippen molar-refractivity contribution < 1.29 is 23.5 Å². The molecule has 0 bridgehead atoms. The molecule has 8 heteroatoms. The van der Waals surface area contributed by atoms with Crippen molar-refractivity contribution >= 4 is 17.7 Å². The summed E-state index contributed by atoms with van der Waals surface area (Å²) in [7, 11) is 1.55. The Morgan fingerprint density at radius 2 is 1.74 bits per heavy atom. The molecule has 1 fully saturated rings. The molecule has 190 valence electrons. The van der Waals surface area contributed by atoms with Gasteiger partial charge in [0.15, 0.2) is 5.76 Å². The van der Waals surface area contributed by atoms with Crippen molar-refractivity contribution in [2.45, 2.75) is 64.0 Å². The molecule has 1 aliphatic rings. The zero-order chi connectivity index (χ0) is 25.2. The Hall–Kier alpha value is -3.13. The van der Waals surface area contributed by atoms with E-state index in [9.17, 15) is 14.4 Å². The fraction of sp³-hybridized carbons (Fsp3) is 0.519. The minimum atomic E-state index is -0.832. The molecule has 1 aliphatic carbocycles. The number of rotatable bonds is 11. The van der Waals surface area contributed by atoms with Crippen LogP contribution in [-0.2, 0) is 14.3 Å². The molecule has 1 saturated carbocycles. The van der Waals surface area contributed by atoms with E-state index in [0.717, 1.165) is 36.8 Å². The standard InChI is InChI=1S/C27H37N3O5/c1-19(2)20-11-13-21(14-12-20)25(27(33)29-22-8-5-4-6-9-22)30(15-17-34-3)24(31)18-28-26(32)23-10-7-16-35-23/h7,10-14,16,19,22,25H,4-6,8-9,15,17-18H2,1-3H3,(H,28,32)(H,29,33)/t25-/m0/s1. The van der Waals surface area contributed by atoms with Gasteiger partial charge in [-0.3, -0.25) is 14.4 Å². The summed E-state index contributed by atoms with van der Waals surface area (Å²) in [6.45, 7) is 4.42. The van der Waals surface area contributed by atoms with Crippen molar-refractivity contribution in [1.82, 2.24) is 15.5 Å². The fourth-order valence-corrected chi connectivity index (χ4v) is 4.40. The van der Waals surface area contributed by atoms with Gasteiger partial charge in [-0.1, -0.05) is 57.4 Å². The average Bonchev–Trinajstić information content (AvgIpc) is 3.41. The number of nitrogens with one attached hydrogen (secondary N) is 2. The van der Waals surface area contributed by atoms with Crippen molar-refractivity contribution in [1.29, 1.82) is 0 Å². The number of ether oxygens (including phenoxy) is 1. The highest BCUT2D eigenvalue weighted by molar-refractivity contribution is 5.95. The van der Waals surface area contributed by atoms with Gasteiger partial charge in [0.05, 0.1) is 19.4 Å². The van der Waals surface area contributed by atoms with Crippen LogP contribution >= 0.6 is 0 Å². The smallest absolute Gasteiger partial charge is 0.287 e. The Morgan fingerprint density at radius 1 is 1.06 bits per heavy atom. The van der Waals surface area contributed by atoms with Gasteiger partial charge in [-0.25, -0.2) is 0 Å². The van der Waals surface area contributed by atoms with Crippen LogP contribution in [-0.4, -0.2) is 55.5 Å². The topological polar surface area (TPSA) is 101 Å². The largest absolute Gasteiger partial charge is 0.459 e. The van der Waals surface area contributed by atoms with Gasteiger partial charge < -0.3 is 24.7 Å². The quantitative estimate of drug-likeness (QED) is 0.506. The monoisotopic (exact) mass is 483 g/mol. The lowest BCUT2D eigenvalue weighted by atomic mass is 9.94. The third kappa shape index (κ3) is 7.42. The van der Waals surface area contributed by atoms with Gasteiger partial charge >= 0.3 is 0 Å². The van der Waals surface area contributed by atoms with Crippen LogP contribution in [0.15, 0.2) is 47.1 Å². The summed E-state index contributed by atoms with van der Waals surface area (Å²) in [4.78, 5) is 40.8. The van der Waals surface area contributed by atoms with Crippen LogP contribution in [0.4, 0.5) is 0 Å². The van der Waals surface area contributed by atoms with Gasteiger partial charge in [-0.2, -0.15) is 0 Å². The Balaban J connectivity index is 1.84. The predicted octanol–water partition coefficient (Wildman–Crippen LogP) is 3.80.